The summed E-state index contributed by atoms with van der Waals surface area (Å²) in [5, 5.41) is 2.97. The Balaban J connectivity index is 1.49. The summed E-state index contributed by atoms with van der Waals surface area (Å²) in [7, 11) is -3.55. The minimum absolute atomic E-state index is 0.00147. The average molecular weight is 444 g/mol. The molecule has 2 fully saturated rings. The van der Waals surface area contributed by atoms with Crippen molar-refractivity contribution in [1.82, 2.24) is 4.31 Å². The van der Waals surface area contributed by atoms with Crippen LogP contribution >= 0.6 is 0 Å². The molecule has 166 valence electrons. The normalized spacial score (nSPS) is 20.4. The lowest BCUT2D eigenvalue weighted by Crippen LogP contribution is -2.41. The summed E-state index contributed by atoms with van der Waals surface area (Å²) in [5.74, 6) is -0.268. The third kappa shape index (κ3) is 4.76. The SMILES string of the molecule is CC1CCCCN1S(=O)(=O)c1ccc(C(=O)Nc2ccccc2N2CCOCC2)cc1. The van der Waals surface area contributed by atoms with Crippen LogP contribution < -0.4 is 10.2 Å². The molecule has 2 aromatic carbocycles. The van der Waals surface area contributed by atoms with Gasteiger partial charge in [-0.25, -0.2) is 8.42 Å². The van der Waals surface area contributed by atoms with Gasteiger partial charge in [0.05, 0.1) is 29.5 Å². The lowest BCUT2D eigenvalue weighted by atomic mass is 10.1. The summed E-state index contributed by atoms with van der Waals surface area (Å²) in [6.07, 6.45) is 2.81. The standard InChI is InChI=1S/C23H29N3O4S/c1-18-6-4-5-13-26(18)31(28,29)20-11-9-19(10-12-20)23(27)24-21-7-2-3-8-22(21)25-14-16-30-17-15-25/h2-3,7-12,18H,4-6,13-17H2,1H3,(H,24,27). The molecule has 31 heavy (non-hydrogen) atoms. The number of carbonyl (C=O) groups is 1. The van der Waals surface area contributed by atoms with E-state index < -0.39 is 10.0 Å². The predicted molar refractivity (Wildman–Crippen MR) is 121 cm³/mol. The van der Waals surface area contributed by atoms with E-state index >= 15 is 0 Å². The van der Waals surface area contributed by atoms with Crippen molar-refractivity contribution in [2.45, 2.75) is 37.1 Å². The summed E-state index contributed by atoms with van der Waals surface area (Å²) in [6.45, 7) is 5.36. The lowest BCUT2D eigenvalue weighted by molar-refractivity contribution is 0.102. The zero-order valence-electron chi connectivity index (χ0n) is 17.8. The minimum Gasteiger partial charge on any atom is -0.378 e. The average Bonchev–Trinajstić information content (AvgIpc) is 2.80. The molecule has 1 atom stereocenters. The number of anilines is 2. The highest BCUT2D eigenvalue weighted by Crippen LogP contribution is 2.28. The monoisotopic (exact) mass is 443 g/mol. The van der Waals surface area contributed by atoms with E-state index in [1.807, 2.05) is 31.2 Å². The smallest absolute Gasteiger partial charge is 0.255 e. The van der Waals surface area contributed by atoms with Crippen LogP contribution in [0.15, 0.2) is 53.4 Å². The second-order valence-corrected chi connectivity index (χ2v) is 9.95. The van der Waals surface area contributed by atoms with Crippen molar-refractivity contribution in [1.29, 1.82) is 0 Å². The number of ether oxygens (including phenoxy) is 1. The Morgan fingerprint density at radius 1 is 1.00 bits per heavy atom. The number of sulfonamides is 1. The predicted octanol–water partition coefficient (Wildman–Crippen LogP) is 3.34. The molecule has 4 rings (SSSR count). The number of piperidine rings is 1. The number of benzene rings is 2. The number of nitrogens with zero attached hydrogens (tertiary/aromatic N) is 2. The maximum Gasteiger partial charge on any atom is 0.255 e. The maximum absolute atomic E-state index is 13.0. The van der Waals surface area contributed by atoms with E-state index in [-0.39, 0.29) is 16.8 Å². The van der Waals surface area contributed by atoms with E-state index in [1.165, 1.54) is 12.1 Å². The van der Waals surface area contributed by atoms with Crippen molar-refractivity contribution in [2.75, 3.05) is 43.1 Å². The van der Waals surface area contributed by atoms with E-state index in [4.69, 9.17) is 4.74 Å². The molecule has 1 amide bonds. The number of amides is 1. The van der Waals surface area contributed by atoms with Gasteiger partial charge in [-0.1, -0.05) is 18.6 Å². The third-order valence-corrected chi connectivity index (χ3v) is 8.00. The van der Waals surface area contributed by atoms with E-state index in [0.717, 1.165) is 43.7 Å². The van der Waals surface area contributed by atoms with Gasteiger partial charge in [-0.3, -0.25) is 4.79 Å². The molecule has 2 heterocycles. The first kappa shape index (κ1) is 21.8. The van der Waals surface area contributed by atoms with E-state index in [9.17, 15) is 13.2 Å². The number of rotatable bonds is 5. The molecule has 0 aliphatic carbocycles. The molecule has 2 aromatic rings. The second-order valence-electron chi connectivity index (χ2n) is 8.06. The topological polar surface area (TPSA) is 79.0 Å². The van der Waals surface area contributed by atoms with Crippen LogP contribution in [0.4, 0.5) is 11.4 Å². The van der Waals surface area contributed by atoms with Crippen LogP contribution in [0.2, 0.25) is 0 Å². The van der Waals surface area contributed by atoms with Crippen LogP contribution in [0.5, 0.6) is 0 Å². The number of para-hydroxylation sites is 2. The first-order chi connectivity index (χ1) is 15.0. The van der Waals surface area contributed by atoms with Gasteiger partial charge in [0.25, 0.3) is 5.91 Å². The van der Waals surface area contributed by atoms with E-state index in [2.05, 4.69) is 10.2 Å². The van der Waals surface area contributed by atoms with Crippen LogP contribution in [0.1, 0.15) is 36.5 Å². The molecule has 0 radical (unpaired) electrons. The summed E-state index contributed by atoms with van der Waals surface area (Å²) >= 11 is 0. The number of hydrogen-bond donors (Lipinski definition) is 1. The summed E-state index contributed by atoms with van der Waals surface area (Å²) < 4.78 is 33.0. The minimum atomic E-state index is -3.55. The van der Waals surface area contributed by atoms with Gasteiger partial charge >= 0.3 is 0 Å². The van der Waals surface area contributed by atoms with Crippen molar-refractivity contribution in [3.05, 3.63) is 54.1 Å². The molecular formula is C23H29N3O4S. The Labute approximate surface area is 184 Å². The zero-order chi connectivity index (χ0) is 21.8. The number of hydrogen-bond acceptors (Lipinski definition) is 5. The molecule has 0 bridgehead atoms. The Morgan fingerprint density at radius 2 is 1.71 bits per heavy atom. The number of carbonyl (C=O) groups excluding carboxylic acids is 1. The number of morpholine rings is 1. The van der Waals surface area contributed by atoms with Crippen LogP contribution in [0.25, 0.3) is 0 Å². The van der Waals surface area contributed by atoms with Gasteiger partial charge in [-0.05, 0) is 56.2 Å². The van der Waals surface area contributed by atoms with E-state index in [0.29, 0.717) is 25.3 Å². The Hall–Kier alpha value is -2.42. The molecule has 0 aromatic heterocycles. The summed E-state index contributed by atoms with van der Waals surface area (Å²) in [4.78, 5) is 15.3. The Bertz CT molecular complexity index is 1020. The largest absolute Gasteiger partial charge is 0.378 e. The first-order valence-corrected chi connectivity index (χ1v) is 12.3. The van der Waals surface area contributed by atoms with Crippen molar-refractivity contribution >= 4 is 27.3 Å². The third-order valence-electron chi connectivity index (χ3n) is 5.97. The molecule has 1 N–H and O–H groups in total. The fraction of sp³-hybridized carbons (Fsp3) is 0.435. The van der Waals surface area contributed by atoms with Crippen LogP contribution in [-0.2, 0) is 14.8 Å². The zero-order valence-corrected chi connectivity index (χ0v) is 18.6. The fourth-order valence-electron chi connectivity index (χ4n) is 4.20. The van der Waals surface area contributed by atoms with Gasteiger partial charge in [0.2, 0.25) is 10.0 Å². The van der Waals surface area contributed by atoms with Crippen LogP contribution in [0, 0.1) is 0 Å². The second kappa shape index (κ2) is 9.38. The van der Waals surface area contributed by atoms with Crippen molar-refractivity contribution in [2.24, 2.45) is 0 Å². The van der Waals surface area contributed by atoms with Crippen molar-refractivity contribution in [3.8, 4) is 0 Å². The molecule has 7 nitrogen and oxygen atoms in total. The Kier molecular flexibility index (Phi) is 6.60. The molecule has 2 aliphatic rings. The first-order valence-electron chi connectivity index (χ1n) is 10.8. The highest BCUT2D eigenvalue weighted by Gasteiger charge is 2.31. The summed E-state index contributed by atoms with van der Waals surface area (Å²) in [5.41, 5.74) is 2.10. The molecule has 2 saturated heterocycles. The maximum atomic E-state index is 13.0. The Morgan fingerprint density at radius 3 is 2.42 bits per heavy atom. The number of nitrogens with one attached hydrogen (secondary N) is 1. The van der Waals surface area contributed by atoms with E-state index in [1.54, 1.807) is 16.4 Å². The summed E-state index contributed by atoms with van der Waals surface area (Å²) in [6, 6.07) is 13.9. The van der Waals surface area contributed by atoms with Crippen LogP contribution in [-0.4, -0.2) is 57.5 Å². The molecular weight excluding hydrogens is 414 g/mol. The van der Waals surface area contributed by atoms with Crippen LogP contribution in [0.3, 0.4) is 0 Å². The van der Waals surface area contributed by atoms with Crippen molar-refractivity contribution in [3.63, 3.8) is 0 Å². The van der Waals surface area contributed by atoms with Gasteiger partial charge in [0, 0.05) is 31.2 Å². The lowest BCUT2D eigenvalue weighted by Gasteiger charge is -2.32. The molecule has 1 unspecified atom stereocenters. The van der Waals surface area contributed by atoms with Gasteiger partial charge < -0.3 is 15.0 Å². The molecule has 0 saturated carbocycles. The highest BCUT2D eigenvalue weighted by atomic mass is 32.2. The highest BCUT2D eigenvalue weighted by molar-refractivity contribution is 7.89. The molecule has 0 spiro atoms. The van der Waals surface area contributed by atoms with Gasteiger partial charge in [0.1, 0.15) is 0 Å². The van der Waals surface area contributed by atoms with Gasteiger partial charge in [0.15, 0.2) is 0 Å². The fourth-order valence-corrected chi connectivity index (χ4v) is 5.90. The van der Waals surface area contributed by atoms with Crippen molar-refractivity contribution < 1.29 is 17.9 Å². The quantitative estimate of drug-likeness (QED) is 0.767. The van der Waals surface area contributed by atoms with Gasteiger partial charge in [-0.2, -0.15) is 4.31 Å². The molecule has 8 heteroatoms. The molecule has 2 aliphatic heterocycles. The van der Waals surface area contributed by atoms with Gasteiger partial charge in [-0.15, -0.1) is 0 Å².